The van der Waals surface area contributed by atoms with Gasteiger partial charge in [0.25, 0.3) is 5.91 Å². The Morgan fingerprint density at radius 2 is 1.83 bits per heavy atom. The van der Waals surface area contributed by atoms with Gasteiger partial charge >= 0.3 is 0 Å². The molecule has 0 spiro atoms. The lowest BCUT2D eigenvalue weighted by Crippen LogP contribution is -2.28. The van der Waals surface area contributed by atoms with Crippen LogP contribution in [0.2, 0.25) is 5.02 Å². The SMILES string of the molecule is CCc1cccc(C)c1NC(=O)CCNC(=O)c1ccccc1Cl. The first-order valence-corrected chi connectivity index (χ1v) is 8.31. The van der Waals surface area contributed by atoms with Crippen molar-refractivity contribution in [2.45, 2.75) is 26.7 Å². The summed E-state index contributed by atoms with van der Waals surface area (Å²) in [6.07, 6.45) is 1.05. The molecular weight excluding hydrogens is 324 g/mol. The zero-order valence-electron chi connectivity index (χ0n) is 13.9. The summed E-state index contributed by atoms with van der Waals surface area (Å²) in [7, 11) is 0. The quantitative estimate of drug-likeness (QED) is 0.833. The van der Waals surface area contributed by atoms with Crippen LogP contribution < -0.4 is 10.6 Å². The van der Waals surface area contributed by atoms with Crippen LogP contribution in [0.4, 0.5) is 5.69 Å². The van der Waals surface area contributed by atoms with Gasteiger partial charge < -0.3 is 10.6 Å². The number of anilines is 1. The molecule has 2 aromatic rings. The number of nitrogens with one attached hydrogen (secondary N) is 2. The van der Waals surface area contributed by atoms with Gasteiger partial charge in [0.05, 0.1) is 10.6 Å². The Morgan fingerprint density at radius 3 is 2.54 bits per heavy atom. The molecule has 24 heavy (non-hydrogen) atoms. The van der Waals surface area contributed by atoms with Crippen molar-refractivity contribution in [1.29, 1.82) is 0 Å². The molecule has 2 aromatic carbocycles. The predicted octanol–water partition coefficient (Wildman–Crippen LogP) is 3.97. The summed E-state index contributed by atoms with van der Waals surface area (Å²) in [6, 6.07) is 12.8. The second-order valence-electron chi connectivity index (χ2n) is 5.50. The lowest BCUT2D eigenvalue weighted by Gasteiger charge is -2.13. The maximum absolute atomic E-state index is 12.1. The van der Waals surface area contributed by atoms with Crippen LogP contribution in [-0.2, 0) is 11.2 Å². The highest BCUT2D eigenvalue weighted by atomic mass is 35.5. The molecule has 0 saturated carbocycles. The van der Waals surface area contributed by atoms with E-state index in [9.17, 15) is 9.59 Å². The molecule has 0 heterocycles. The molecule has 0 unspecified atom stereocenters. The van der Waals surface area contributed by atoms with Crippen molar-refractivity contribution < 1.29 is 9.59 Å². The van der Waals surface area contributed by atoms with Crippen molar-refractivity contribution >= 4 is 29.1 Å². The molecule has 0 saturated heterocycles. The summed E-state index contributed by atoms with van der Waals surface area (Å²) in [4.78, 5) is 24.2. The smallest absolute Gasteiger partial charge is 0.252 e. The third-order valence-electron chi connectivity index (χ3n) is 3.76. The lowest BCUT2D eigenvalue weighted by molar-refractivity contribution is -0.116. The Labute approximate surface area is 147 Å². The maximum atomic E-state index is 12.1. The normalized spacial score (nSPS) is 10.3. The number of aryl methyl sites for hydroxylation is 2. The number of carbonyl (C=O) groups is 2. The van der Waals surface area contributed by atoms with Gasteiger partial charge in [-0.05, 0) is 36.6 Å². The molecule has 2 N–H and O–H groups in total. The van der Waals surface area contributed by atoms with Crippen molar-refractivity contribution in [3.63, 3.8) is 0 Å². The van der Waals surface area contributed by atoms with Gasteiger partial charge in [0.15, 0.2) is 0 Å². The van der Waals surface area contributed by atoms with E-state index in [2.05, 4.69) is 10.6 Å². The Balaban J connectivity index is 1.88. The fourth-order valence-corrected chi connectivity index (χ4v) is 2.66. The van der Waals surface area contributed by atoms with Crippen LogP contribution >= 0.6 is 11.6 Å². The van der Waals surface area contributed by atoms with Crippen LogP contribution in [0.1, 0.15) is 34.8 Å². The van der Waals surface area contributed by atoms with Crippen LogP contribution in [0, 0.1) is 6.92 Å². The molecule has 2 rings (SSSR count). The van der Waals surface area contributed by atoms with E-state index < -0.39 is 0 Å². The molecule has 2 amide bonds. The van der Waals surface area contributed by atoms with Gasteiger partial charge in [-0.2, -0.15) is 0 Å². The molecule has 0 atom stereocenters. The number of rotatable bonds is 6. The Morgan fingerprint density at radius 1 is 1.08 bits per heavy atom. The first-order valence-electron chi connectivity index (χ1n) is 7.94. The lowest BCUT2D eigenvalue weighted by atomic mass is 10.1. The van der Waals surface area contributed by atoms with Crippen molar-refractivity contribution in [3.05, 3.63) is 64.2 Å². The van der Waals surface area contributed by atoms with E-state index in [-0.39, 0.29) is 24.8 Å². The van der Waals surface area contributed by atoms with Gasteiger partial charge in [0, 0.05) is 18.7 Å². The number of halogens is 1. The zero-order chi connectivity index (χ0) is 17.5. The van der Waals surface area contributed by atoms with E-state index in [1.807, 2.05) is 32.0 Å². The molecule has 0 radical (unpaired) electrons. The van der Waals surface area contributed by atoms with Gasteiger partial charge in [-0.15, -0.1) is 0 Å². The fraction of sp³-hybridized carbons (Fsp3) is 0.263. The molecular formula is C19H21ClN2O2. The molecule has 5 heteroatoms. The molecule has 4 nitrogen and oxygen atoms in total. The van der Waals surface area contributed by atoms with Crippen LogP contribution in [0.3, 0.4) is 0 Å². The summed E-state index contributed by atoms with van der Waals surface area (Å²) in [5.41, 5.74) is 3.40. The molecule has 0 fully saturated rings. The Hall–Kier alpha value is -2.33. The standard InChI is InChI=1S/C19H21ClN2O2/c1-3-14-8-6-7-13(2)18(14)22-17(23)11-12-21-19(24)15-9-4-5-10-16(15)20/h4-10H,3,11-12H2,1-2H3,(H,21,24)(H,22,23). The van der Waals surface area contributed by atoms with Gasteiger partial charge in [0.2, 0.25) is 5.91 Å². The third kappa shape index (κ3) is 4.59. The maximum Gasteiger partial charge on any atom is 0.252 e. The number of hydrogen-bond donors (Lipinski definition) is 2. The van der Waals surface area contributed by atoms with Gasteiger partial charge in [-0.25, -0.2) is 0 Å². The van der Waals surface area contributed by atoms with Gasteiger partial charge in [-0.1, -0.05) is 48.9 Å². The topological polar surface area (TPSA) is 58.2 Å². The van der Waals surface area contributed by atoms with E-state index in [0.29, 0.717) is 10.6 Å². The molecule has 0 bridgehead atoms. The monoisotopic (exact) mass is 344 g/mol. The van der Waals surface area contributed by atoms with Crippen molar-refractivity contribution in [3.8, 4) is 0 Å². The highest BCUT2D eigenvalue weighted by Crippen LogP contribution is 2.21. The van der Waals surface area contributed by atoms with E-state index in [4.69, 9.17) is 11.6 Å². The van der Waals surface area contributed by atoms with E-state index in [0.717, 1.165) is 23.2 Å². The predicted molar refractivity (Wildman–Crippen MR) is 97.6 cm³/mol. The summed E-state index contributed by atoms with van der Waals surface area (Å²) in [5, 5.41) is 6.05. The summed E-state index contributed by atoms with van der Waals surface area (Å²) in [5.74, 6) is -0.406. The molecule has 0 aromatic heterocycles. The Kier molecular flexibility index (Phi) is 6.38. The largest absolute Gasteiger partial charge is 0.351 e. The first kappa shape index (κ1) is 18.0. The van der Waals surface area contributed by atoms with Crippen LogP contribution in [-0.4, -0.2) is 18.4 Å². The van der Waals surface area contributed by atoms with Gasteiger partial charge in [-0.3, -0.25) is 9.59 Å². The highest BCUT2D eigenvalue weighted by Gasteiger charge is 2.11. The van der Waals surface area contributed by atoms with E-state index >= 15 is 0 Å². The number of carbonyl (C=O) groups excluding carboxylic acids is 2. The second-order valence-corrected chi connectivity index (χ2v) is 5.90. The average molecular weight is 345 g/mol. The van der Waals surface area contributed by atoms with Crippen LogP contribution in [0.25, 0.3) is 0 Å². The van der Waals surface area contributed by atoms with Gasteiger partial charge in [0.1, 0.15) is 0 Å². The zero-order valence-corrected chi connectivity index (χ0v) is 14.6. The number of amides is 2. The van der Waals surface area contributed by atoms with Crippen molar-refractivity contribution in [2.75, 3.05) is 11.9 Å². The van der Waals surface area contributed by atoms with E-state index in [1.54, 1.807) is 24.3 Å². The number of benzene rings is 2. The van der Waals surface area contributed by atoms with Crippen molar-refractivity contribution in [1.82, 2.24) is 5.32 Å². The van der Waals surface area contributed by atoms with Crippen LogP contribution in [0.5, 0.6) is 0 Å². The minimum atomic E-state index is -0.279. The second kappa shape index (κ2) is 8.50. The minimum absolute atomic E-state index is 0.126. The van der Waals surface area contributed by atoms with Crippen molar-refractivity contribution in [2.24, 2.45) is 0 Å². The fourth-order valence-electron chi connectivity index (χ4n) is 2.43. The number of hydrogen-bond acceptors (Lipinski definition) is 2. The van der Waals surface area contributed by atoms with Crippen LogP contribution in [0.15, 0.2) is 42.5 Å². The third-order valence-corrected chi connectivity index (χ3v) is 4.09. The average Bonchev–Trinajstić information content (AvgIpc) is 2.57. The highest BCUT2D eigenvalue weighted by molar-refractivity contribution is 6.33. The summed E-state index contributed by atoms with van der Waals surface area (Å²) < 4.78 is 0. The Bertz CT molecular complexity index is 744. The molecule has 126 valence electrons. The molecule has 0 aliphatic carbocycles. The molecule has 0 aliphatic rings. The number of para-hydroxylation sites is 1. The summed E-state index contributed by atoms with van der Waals surface area (Å²) in [6.45, 7) is 4.27. The minimum Gasteiger partial charge on any atom is -0.351 e. The van der Waals surface area contributed by atoms with E-state index in [1.165, 1.54) is 0 Å². The summed E-state index contributed by atoms with van der Waals surface area (Å²) >= 11 is 5.98. The molecule has 0 aliphatic heterocycles. The first-order chi connectivity index (χ1) is 11.5.